The molecule has 24 heavy (non-hydrogen) atoms. The fourth-order valence-corrected chi connectivity index (χ4v) is 4.23. The zero-order valence-electron chi connectivity index (χ0n) is 12.2. The van der Waals surface area contributed by atoms with Gasteiger partial charge in [0.2, 0.25) is 0 Å². The van der Waals surface area contributed by atoms with Crippen LogP contribution >= 0.6 is 43.2 Å². The molecule has 3 rings (SSSR count). The van der Waals surface area contributed by atoms with E-state index in [4.69, 9.17) is 0 Å². The van der Waals surface area contributed by atoms with Gasteiger partial charge in [0.15, 0.2) is 0 Å². The average molecular weight is 472 g/mol. The van der Waals surface area contributed by atoms with Crippen LogP contribution in [0.25, 0.3) is 10.9 Å². The Morgan fingerprint density at radius 1 is 1.29 bits per heavy atom. The van der Waals surface area contributed by atoms with Crippen molar-refractivity contribution in [2.24, 2.45) is 0 Å². The minimum absolute atomic E-state index is 0.223. The molecule has 0 aliphatic heterocycles. The first-order chi connectivity index (χ1) is 11.5. The maximum Gasteiger partial charge on any atom is 0.326 e. The number of carbonyl (C=O) groups excluding carboxylic acids is 1. The van der Waals surface area contributed by atoms with Crippen LogP contribution in [0.5, 0.6) is 0 Å². The summed E-state index contributed by atoms with van der Waals surface area (Å²) in [6, 6.07) is 8.32. The van der Waals surface area contributed by atoms with Crippen molar-refractivity contribution in [3.05, 3.63) is 55.2 Å². The second kappa shape index (κ2) is 7.08. The number of hydrogen-bond donors (Lipinski definition) is 3. The fraction of sp³-hybridized carbons (Fsp3) is 0.125. The van der Waals surface area contributed by atoms with E-state index in [9.17, 15) is 14.7 Å². The molecule has 0 spiro atoms. The molecule has 0 fully saturated rings. The number of benzene rings is 1. The minimum atomic E-state index is -1.07. The summed E-state index contributed by atoms with van der Waals surface area (Å²) in [6.45, 7) is 0. The van der Waals surface area contributed by atoms with Crippen molar-refractivity contribution in [1.29, 1.82) is 0 Å². The number of carboxylic acids is 1. The van der Waals surface area contributed by atoms with Gasteiger partial charge in [-0.15, -0.1) is 11.3 Å². The topological polar surface area (TPSA) is 82.2 Å². The van der Waals surface area contributed by atoms with Gasteiger partial charge >= 0.3 is 5.97 Å². The molecule has 3 N–H and O–H groups in total. The Balaban J connectivity index is 1.82. The largest absolute Gasteiger partial charge is 0.480 e. The third-order valence-corrected chi connectivity index (χ3v) is 5.91. The Morgan fingerprint density at radius 3 is 2.67 bits per heavy atom. The summed E-state index contributed by atoms with van der Waals surface area (Å²) in [6.07, 6.45) is 0.223. The Bertz CT molecular complexity index is 919. The predicted molar refractivity (Wildman–Crippen MR) is 101 cm³/mol. The number of thiophene rings is 1. The number of fused-ring (bicyclic) bond motifs is 1. The number of carbonyl (C=O) groups is 2. The molecule has 1 amide bonds. The summed E-state index contributed by atoms with van der Waals surface area (Å²) in [5, 5.41) is 14.7. The summed E-state index contributed by atoms with van der Waals surface area (Å²) in [4.78, 5) is 27.0. The predicted octanol–water partition coefficient (Wildman–Crippen LogP) is 4.18. The highest BCUT2D eigenvalue weighted by Crippen LogP contribution is 2.28. The number of hydrogen-bond acceptors (Lipinski definition) is 3. The molecule has 0 aliphatic carbocycles. The second-order valence-corrected chi connectivity index (χ2v) is 8.27. The first kappa shape index (κ1) is 17.2. The summed E-state index contributed by atoms with van der Waals surface area (Å²) in [5.41, 5.74) is 1.98. The third kappa shape index (κ3) is 3.55. The van der Waals surface area contributed by atoms with Gasteiger partial charge in [0, 0.05) is 17.3 Å². The molecule has 1 aromatic carbocycles. The summed E-state index contributed by atoms with van der Waals surface area (Å²) >= 11 is 8.23. The van der Waals surface area contributed by atoms with Crippen LogP contribution in [0.4, 0.5) is 0 Å². The highest BCUT2D eigenvalue weighted by Gasteiger charge is 2.24. The van der Waals surface area contributed by atoms with Gasteiger partial charge in [0.05, 0.1) is 8.26 Å². The highest BCUT2D eigenvalue weighted by atomic mass is 79.9. The number of rotatable bonds is 5. The van der Waals surface area contributed by atoms with Gasteiger partial charge in [-0.2, -0.15) is 0 Å². The Morgan fingerprint density at radius 2 is 2.04 bits per heavy atom. The molecule has 1 unspecified atom stereocenters. The highest BCUT2D eigenvalue weighted by molar-refractivity contribution is 9.11. The molecule has 0 bridgehead atoms. The lowest BCUT2D eigenvalue weighted by Crippen LogP contribution is -2.42. The molecule has 2 aromatic heterocycles. The number of carboxylic acid groups (broad SMARTS) is 1. The molecule has 0 radical (unpaired) electrons. The quantitative estimate of drug-likeness (QED) is 0.522. The number of aromatic amines is 1. The van der Waals surface area contributed by atoms with Crippen LogP contribution < -0.4 is 5.32 Å². The first-order valence-electron chi connectivity index (χ1n) is 6.98. The van der Waals surface area contributed by atoms with E-state index in [1.807, 2.05) is 35.7 Å². The maximum absolute atomic E-state index is 12.5. The lowest BCUT2D eigenvalue weighted by atomic mass is 10.1. The molecule has 0 saturated carbocycles. The van der Waals surface area contributed by atoms with Crippen molar-refractivity contribution >= 4 is 66.0 Å². The number of aromatic nitrogens is 1. The van der Waals surface area contributed by atoms with Crippen molar-refractivity contribution in [2.75, 3.05) is 0 Å². The summed E-state index contributed by atoms with van der Waals surface area (Å²) in [5.74, 6) is -1.53. The standard InChI is InChI=1S/C16H12Br2N2O3S/c17-12-6-8(7-24-12)5-11(16(22)23)20-15(21)14-13(18)9-3-1-2-4-10(9)19-14/h1-4,6-7,11,19H,5H2,(H,20,21)(H,22,23). The molecule has 3 aromatic rings. The van der Waals surface area contributed by atoms with Crippen molar-refractivity contribution in [3.63, 3.8) is 0 Å². The Kier molecular flexibility index (Phi) is 5.07. The molecule has 124 valence electrons. The third-order valence-electron chi connectivity index (χ3n) is 3.53. The number of halogens is 2. The number of H-pyrrole nitrogens is 1. The molecular weight excluding hydrogens is 460 g/mol. The normalized spacial score (nSPS) is 12.2. The lowest BCUT2D eigenvalue weighted by molar-refractivity contribution is -0.139. The van der Waals surface area contributed by atoms with Gasteiger partial charge in [-0.1, -0.05) is 18.2 Å². The van der Waals surface area contributed by atoms with Crippen LogP contribution in [0.15, 0.2) is 44.0 Å². The van der Waals surface area contributed by atoms with Gasteiger partial charge in [-0.25, -0.2) is 4.79 Å². The van der Waals surface area contributed by atoms with Gasteiger partial charge in [0.25, 0.3) is 5.91 Å². The van der Waals surface area contributed by atoms with Crippen LogP contribution in [0.1, 0.15) is 16.1 Å². The number of aliphatic carboxylic acids is 1. The smallest absolute Gasteiger partial charge is 0.326 e. The summed E-state index contributed by atoms with van der Waals surface area (Å²) in [7, 11) is 0. The zero-order chi connectivity index (χ0) is 17.3. The molecule has 0 saturated heterocycles. The van der Waals surface area contributed by atoms with Crippen LogP contribution in [0.2, 0.25) is 0 Å². The number of amides is 1. The van der Waals surface area contributed by atoms with Gasteiger partial charge in [0.1, 0.15) is 11.7 Å². The molecule has 1 atom stereocenters. The van der Waals surface area contributed by atoms with Crippen LogP contribution in [0.3, 0.4) is 0 Å². The van der Waals surface area contributed by atoms with Gasteiger partial charge in [-0.05, 0) is 54.9 Å². The van der Waals surface area contributed by atoms with Crippen molar-refractivity contribution in [1.82, 2.24) is 10.3 Å². The van der Waals surface area contributed by atoms with Crippen molar-refractivity contribution in [2.45, 2.75) is 12.5 Å². The minimum Gasteiger partial charge on any atom is -0.480 e. The van der Waals surface area contributed by atoms with E-state index in [-0.39, 0.29) is 6.42 Å². The molecule has 0 aliphatic rings. The first-order valence-corrected chi connectivity index (χ1v) is 9.45. The Hall–Kier alpha value is -1.64. The van der Waals surface area contributed by atoms with E-state index >= 15 is 0 Å². The van der Waals surface area contributed by atoms with E-state index in [2.05, 4.69) is 42.2 Å². The SMILES string of the molecule is O=C(NC(Cc1csc(Br)c1)C(=O)O)c1[nH]c2ccccc2c1Br. The molecular formula is C16H12Br2N2O3S. The fourth-order valence-electron chi connectivity index (χ4n) is 2.38. The second-order valence-electron chi connectivity index (χ2n) is 5.19. The van der Waals surface area contributed by atoms with E-state index in [1.165, 1.54) is 11.3 Å². The van der Waals surface area contributed by atoms with E-state index < -0.39 is 17.9 Å². The van der Waals surface area contributed by atoms with Crippen molar-refractivity contribution in [3.8, 4) is 0 Å². The van der Waals surface area contributed by atoms with Crippen molar-refractivity contribution < 1.29 is 14.7 Å². The number of nitrogens with one attached hydrogen (secondary N) is 2. The number of para-hydroxylation sites is 1. The van der Waals surface area contributed by atoms with E-state index in [0.29, 0.717) is 10.2 Å². The maximum atomic E-state index is 12.5. The Labute approximate surface area is 158 Å². The van der Waals surface area contributed by atoms with Gasteiger partial charge < -0.3 is 15.4 Å². The monoisotopic (exact) mass is 470 g/mol. The van der Waals surface area contributed by atoms with Gasteiger partial charge in [-0.3, -0.25) is 4.79 Å². The van der Waals surface area contributed by atoms with E-state index in [1.54, 1.807) is 0 Å². The van der Waals surface area contributed by atoms with Crippen LogP contribution in [-0.2, 0) is 11.2 Å². The van der Waals surface area contributed by atoms with E-state index in [0.717, 1.165) is 20.3 Å². The van der Waals surface area contributed by atoms with Crippen LogP contribution in [0, 0.1) is 0 Å². The molecule has 5 nitrogen and oxygen atoms in total. The average Bonchev–Trinajstić information content (AvgIpc) is 3.10. The lowest BCUT2D eigenvalue weighted by Gasteiger charge is -2.13. The molecule has 2 heterocycles. The van der Waals surface area contributed by atoms with Crippen LogP contribution in [-0.4, -0.2) is 28.0 Å². The zero-order valence-corrected chi connectivity index (χ0v) is 16.2. The molecule has 8 heteroatoms. The summed E-state index contributed by atoms with van der Waals surface area (Å²) < 4.78 is 1.55.